The number of aromatic nitrogens is 4. The molecule has 1 aromatic heterocycles. The Kier molecular flexibility index (Phi) is 3.73. The Labute approximate surface area is 156 Å². The Balaban J connectivity index is 1.22. The molecule has 8 heteroatoms. The van der Waals surface area contributed by atoms with Gasteiger partial charge in [-0.2, -0.15) is 0 Å². The molecule has 4 bridgehead atoms. The van der Waals surface area contributed by atoms with Crippen molar-refractivity contribution >= 4 is 11.8 Å². The Bertz CT molecular complexity index is 826. The predicted molar refractivity (Wildman–Crippen MR) is 95.4 cm³/mol. The van der Waals surface area contributed by atoms with Crippen molar-refractivity contribution in [3.05, 3.63) is 36.2 Å². The number of amides is 2. The number of hydrogen-bond donors (Lipinski definition) is 2. The highest BCUT2D eigenvalue weighted by molar-refractivity contribution is 5.96. The fourth-order valence-electron chi connectivity index (χ4n) is 5.75. The lowest BCUT2D eigenvalue weighted by molar-refractivity contribution is -0.147. The van der Waals surface area contributed by atoms with Gasteiger partial charge in [0.05, 0.1) is 11.1 Å². The van der Waals surface area contributed by atoms with E-state index in [1.165, 1.54) is 30.3 Å². The minimum atomic E-state index is -0.323. The smallest absolute Gasteiger partial charge is 0.269 e. The third-order valence-corrected chi connectivity index (χ3v) is 6.55. The normalized spacial score (nSPS) is 30.9. The zero-order chi connectivity index (χ0) is 18.4. The summed E-state index contributed by atoms with van der Waals surface area (Å²) in [6.45, 7) is 0. The van der Waals surface area contributed by atoms with E-state index in [2.05, 4.69) is 26.4 Å². The molecule has 4 aliphatic carbocycles. The summed E-state index contributed by atoms with van der Waals surface area (Å²) in [5.74, 6) is 1.74. The summed E-state index contributed by atoms with van der Waals surface area (Å²) in [4.78, 5) is 25.3. The zero-order valence-electron chi connectivity index (χ0n) is 15.0. The Morgan fingerprint density at radius 3 is 2.15 bits per heavy atom. The first kappa shape index (κ1) is 16.4. The molecule has 0 saturated heterocycles. The second-order valence-electron chi connectivity index (χ2n) is 8.41. The first-order valence-corrected chi connectivity index (χ1v) is 9.55. The summed E-state index contributed by atoms with van der Waals surface area (Å²) in [5.41, 5.74) is 6.25. The van der Waals surface area contributed by atoms with Crippen molar-refractivity contribution in [2.45, 2.75) is 38.5 Å². The summed E-state index contributed by atoms with van der Waals surface area (Å²) in [5, 5.41) is 11.0. The quantitative estimate of drug-likeness (QED) is 0.804. The highest BCUT2D eigenvalue weighted by Crippen LogP contribution is 2.60. The second kappa shape index (κ2) is 6.14. The average molecular weight is 366 g/mol. The second-order valence-corrected chi connectivity index (χ2v) is 8.41. The van der Waals surface area contributed by atoms with E-state index in [0.29, 0.717) is 23.3 Å². The van der Waals surface area contributed by atoms with Crippen LogP contribution in [0.15, 0.2) is 30.6 Å². The van der Waals surface area contributed by atoms with Crippen LogP contribution in [0.5, 0.6) is 0 Å². The molecule has 2 amide bonds. The van der Waals surface area contributed by atoms with Crippen LogP contribution in [0.1, 0.15) is 48.9 Å². The van der Waals surface area contributed by atoms with Gasteiger partial charge in [-0.25, -0.2) is 4.68 Å². The van der Waals surface area contributed by atoms with Crippen LogP contribution in [0.3, 0.4) is 0 Å². The molecule has 4 saturated carbocycles. The van der Waals surface area contributed by atoms with E-state index >= 15 is 0 Å². The molecule has 4 fully saturated rings. The van der Waals surface area contributed by atoms with Gasteiger partial charge in [-0.1, -0.05) is 0 Å². The number of nitrogens with zero attached hydrogens (tertiary/aromatic N) is 4. The first-order valence-electron chi connectivity index (χ1n) is 9.55. The van der Waals surface area contributed by atoms with Crippen LogP contribution in [-0.4, -0.2) is 32.0 Å². The van der Waals surface area contributed by atoms with Crippen LogP contribution in [0, 0.1) is 23.2 Å². The van der Waals surface area contributed by atoms with Gasteiger partial charge in [-0.3, -0.25) is 20.4 Å². The Morgan fingerprint density at radius 2 is 1.59 bits per heavy atom. The molecule has 0 atom stereocenters. The SMILES string of the molecule is O=C(NNC(=O)C12CC3CC(CC(C3)C1)C2)c1ccc(-n2cnnn2)cc1. The van der Waals surface area contributed by atoms with Crippen LogP contribution >= 0.6 is 0 Å². The molecule has 6 rings (SSSR count). The van der Waals surface area contributed by atoms with Crippen LogP contribution in [0.4, 0.5) is 0 Å². The standard InChI is InChI=1S/C19H22N6O2/c26-17(15-1-3-16(4-2-15)25-11-20-23-24-25)21-22-18(27)19-8-12-5-13(9-19)7-14(6-12)10-19/h1-4,11-14H,5-10H2,(H,21,26)(H,22,27). The van der Waals surface area contributed by atoms with Crippen LogP contribution in [0.2, 0.25) is 0 Å². The fraction of sp³-hybridized carbons (Fsp3) is 0.526. The number of rotatable bonds is 3. The molecule has 0 aliphatic heterocycles. The number of hydrogen-bond acceptors (Lipinski definition) is 5. The lowest BCUT2D eigenvalue weighted by Crippen LogP contribution is -2.56. The van der Waals surface area contributed by atoms with E-state index in [9.17, 15) is 9.59 Å². The summed E-state index contributed by atoms with van der Waals surface area (Å²) >= 11 is 0. The summed E-state index contributed by atoms with van der Waals surface area (Å²) < 4.78 is 1.51. The van der Waals surface area contributed by atoms with E-state index in [1.54, 1.807) is 24.3 Å². The third-order valence-electron chi connectivity index (χ3n) is 6.55. The largest absolute Gasteiger partial charge is 0.273 e. The van der Waals surface area contributed by atoms with Gasteiger partial charge in [0.2, 0.25) is 5.91 Å². The number of hydrazine groups is 1. The molecular formula is C19H22N6O2. The van der Waals surface area contributed by atoms with E-state index in [4.69, 9.17) is 0 Å². The van der Waals surface area contributed by atoms with E-state index in [1.807, 2.05) is 0 Å². The lowest BCUT2D eigenvalue weighted by atomic mass is 9.49. The molecule has 140 valence electrons. The number of tetrazole rings is 1. The molecule has 1 heterocycles. The zero-order valence-corrected chi connectivity index (χ0v) is 15.0. The molecule has 0 radical (unpaired) electrons. The van der Waals surface area contributed by atoms with Crippen molar-refractivity contribution in [3.63, 3.8) is 0 Å². The summed E-state index contributed by atoms with van der Waals surface area (Å²) in [7, 11) is 0. The maximum atomic E-state index is 12.9. The van der Waals surface area contributed by atoms with Gasteiger partial charge < -0.3 is 0 Å². The van der Waals surface area contributed by atoms with Gasteiger partial charge in [0.1, 0.15) is 6.33 Å². The summed E-state index contributed by atoms with van der Waals surface area (Å²) in [6, 6.07) is 6.88. The molecule has 1 aromatic carbocycles. The van der Waals surface area contributed by atoms with Gasteiger partial charge in [0.15, 0.2) is 0 Å². The maximum absolute atomic E-state index is 12.9. The topological polar surface area (TPSA) is 102 Å². The molecule has 4 aliphatic rings. The van der Waals surface area contributed by atoms with Crippen molar-refractivity contribution in [2.24, 2.45) is 23.2 Å². The van der Waals surface area contributed by atoms with Gasteiger partial charge >= 0.3 is 0 Å². The van der Waals surface area contributed by atoms with Crippen LogP contribution in [0.25, 0.3) is 5.69 Å². The first-order chi connectivity index (χ1) is 13.1. The highest BCUT2D eigenvalue weighted by atomic mass is 16.2. The minimum absolute atomic E-state index is 0.0136. The molecule has 0 unspecified atom stereocenters. The van der Waals surface area contributed by atoms with Gasteiger partial charge in [-0.15, -0.1) is 5.10 Å². The van der Waals surface area contributed by atoms with E-state index < -0.39 is 0 Å². The lowest BCUT2D eigenvalue weighted by Gasteiger charge is -2.55. The molecule has 27 heavy (non-hydrogen) atoms. The predicted octanol–water partition coefficient (Wildman–Crippen LogP) is 1.64. The molecule has 2 aromatic rings. The third kappa shape index (κ3) is 2.89. The number of carbonyl (C=O) groups excluding carboxylic acids is 2. The van der Waals surface area contributed by atoms with Crippen LogP contribution in [-0.2, 0) is 4.79 Å². The molecule has 2 N–H and O–H groups in total. The number of nitrogens with one attached hydrogen (secondary N) is 2. The molecular weight excluding hydrogens is 344 g/mol. The molecule has 0 spiro atoms. The minimum Gasteiger partial charge on any atom is -0.273 e. The van der Waals surface area contributed by atoms with Crippen molar-refractivity contribution < 1.29 is 9.59 Å². The van der Waals surface area contributed by atoms with Crippen molar-refractivity contribution in [3.8, 4) is 5.69 Å². The fourth-order valence-corrected chi connectivity index (χ4v) is 5.75. The Hall–Kier alpha value is -2.77. The summed E-state index contributed by atoms with van der Waals surface area (Å²) in [6.07, 6.45) is 8.26. The van der Waals surface area contributed by atoms with Gasteiger partial charge in [0.25, 0.3) is 5.91 Å². The van der Waals surface area contributed by atoms with Crippen molar-refractivity contribution in [1.29, 1.82) is 0 Å². The number of carbonyl (C=O) groups is 2. The molecule has 8 nitrogen and oxygen atoms in total. The average Bonchev–Trinajstić information content (AvgIpc) is 3.19. The van der Waals surface area contributed by atoms with Gasteiger partial charge in [-0.05, 0) is 91.0 Å². The van der Waals surface area contributed by atoms with Gasteiger partial charge in [0, 0.05) is 5.56 Å². The van der Waals surface area contributed by atoms with E-state index in [-0.39, 0.29) is 17.2 Å². The number of benzene rings is 1. The van der Waals surface area contributed by atoms with Crippen molar-refractivity contribution in [2.75, 3.05) is 0 Å². The van der Waals surface area contributed by atoms with Crippen LogP contribution < -0.4 is 10.9 Å². The monoisotopic (exact) mass is 366 g/mol. The maximum Gasteiger partial charge on any atom is 0.269 e. The highest BCUT2D eigenvalue weighted by Gasteiger charge is 2.54. The van der Waals surface area contributed by atoms with Crippen molar-refractivity contribution in [1.82, 2.24) is 31.1 Å². The van der Waals surface area contributed by atoms with E-state index in [0.717, 1.165) is 24.9 Å². The Morgan fingerprint density at radius 1 is 0.963 bits per heavy atom.